The van der Waals surface area contributed by atoms with Crippen molar-refractivity contribution in [2.45, 2.75) is 37.4 Å². The number of nitrogens with one attached hydrogen (secondary N) is 1. The van der Waals surface area contributed by atoms with Gasteiger partial charge < -0.3 is 10.2 Å². The van der Waals surface area contributed by atoms with Crippen LogP contribution in [0, 0.1) is 0 Å². The Kier molecular flexibility index (Phi) is 6.22. The van der Waals surface area contributed by atoms with Gasteiger partial charge in [0.2, 0.25) is 17.7 Å². The van der Waals surface area contributed by atoms with Gasteiger partial charge >= 0.3 is 0 Å². The van der Waals surface area contributed by atoms with E-state index in [-0.39, 0.29) is 36.5 Å². The third kappa shape index (κ3) is 3.76. The fourth-order valence-corrected chi connectivity index (χ4v) is 5.12. The number of rotatable bonds is 4. The number of halogens is 1. The topological polar surface area (TPSA) is 73.0 Å². The molecule has 168 valence electrons. The summed E-state index contributed by atoms with van der Waals surface area (Å²) in [5.74, 6) is -0.195. The Bertz CT molecular complexity index is 993. The van der Waals surface area contributed by atoms with E-state index >= 15 is 0 Å². The van der Waals surface area contributed by atoms with Crippen molar-refractivity contribution in [1.29, 1.82) is 0 Å². The van der Waals surface area contributed by atoms with Crippen LogP contribution in [0.3, 0.4) is 0 Å². The summed E-state index contributed by atoms with van der Waals surface area (Å²) in [7, 11) is 0. The number of para-hydroxylation sites is 1. The molecule has 0 aromatic heterocycles. The SMILES string of the molecule is Cl.O=C1CC(N2CCC3(CC2)C(=O)NCN3c2ccccc2)C(=O)N1Cc1ccccc1. The molecule has 0 bridgehead atoms. The first-order valence-corrected chi connectivity index (χ1v) is 10.8. The first kappa shape index (κ1) is 22.3. The molecule has 0 radical (unpaired) electrons. The summed E-state index contributed by atoms with van der Waals surface area (Å²) in [5.41, 5.74) is 1.38. The highest BCUT2D eigenvalue weighted by Gasteiger charge is 2.52. The highest BCUT2D eigenvalue weighted by atomic mass is 35.5. The smallest absolute Gasteiger partial charge is 0.247 e. The molecule has 7 nitrogen and oxygen atoms in total. The number of nitrogens with zero attached hydrogens (tertiary/aromatic N) is 3. The van der Waals surface area contributed by atoms with Crippen LogP contribution in [-0.4, -0.2) is 58.9 Å². The molecule has 0 aliphatic carbocycles. The Hall–Kier alpha value is -2.90. The van der Waals surface area contributed by atoms with Crippen LogP contribution in [0.1, 0.15) is 24.8 Å². The minimum atomic E-state index is -0.590. The number of benzene rings is 2. The molecule has 8 heteroatoms. The normalized spacial score (nSPS) is 22.9. The van der Waals surface area contributed by atoms with E-state index in [4.69, 9.17) is 0 Å². The average molecular weight is 455 g/mol. The van der Waals surface area contributed by atoms with Crippen LogP contribution < -0.4 is 10.2 Å². The Morgan fingerprint density at radius 2 is 1.53 bits per heavy atom. The van der Waals surface area contributed by atoms with Crippen molar-refractivity contribution in [2.24, 2.45) is 0 Å². The summed E-state index contributed by atoms with van der Waals surface area (Å²) in [5, 5.41) is 3.00. The molecule has 1 unspecified atom stereocenters. The van der Waals surface area contributed by atoms with Crippen molar-refractivity contribution in [3.05, 3.63) is 66.2 Å². The molecule has 3 saturated heterocycles. The molecule has 5 rings (SSSR count). The lowest BCUT2D eigenvalue weighted by molar-refractivity contribution is -0.140. The van der Waals surface area contributed by atoms with E-state index < -0.39 is 11.6 Å². The van der Waals surface area contributed by atoms with Gasteiger partial charge in [-0.25, -0.2) is 0 Å². The molecule has 2 aromatic carbocycles. The number of hydrogen-bond donors (Lipinski definition) is 1. The largest absolute Gasteiger partial charge is 0.339 e. The molecule has 0 saturated carbocycles. The zero-order chi connectivity index (χ0) is 21.4. The van der Waals surface area contributed by atoms with Crippen molar-refractivity contribution >= 4 is 35.8 Å². The van der Waals surface area contributed by atoms with Crippen LogP contribution in [0.25, 0.3) is 0 Å². The van der Waals surface area contributed by atoms with Crippen LogP contribution in [-0.2, 0) is 20.9 Å². The van der Waals surface area contributed by atoms with Gasteiger partial charge in [0.05, 0.1) is 25.7 Å². The van der Waals surface area contributed by atoms with Gasteiger partial charge in [-0.3, -0.25) is 24.2 Å². The third-order valence-electron chi connectivity index (χ3n) is 6.87. The molecule has 32 heavy (non-hydrogen) atoms. The van der Waals surface area contributed by atoms with E-state index in [0.717, 1.165) is 11.3 Å². The first-order chi connectivity index (χ1) is 15.1. The Morgan fingerprint density at radius 3 is 2.19 bits per heavy atom. The van der Waals surface area contributed by atoms with Gasteiger partial charge in [-0.05, 0) is 30.5 Å². The summed E-state index contributed by atoms with van der Waals surface area (Å²) in [6, 6.07) is 19.1. The lowest BCUT2D eigenvalue weighted by Crippen LogP contribution is -2.58. The monoisotopic (exact) mass is 454 g/mol. The second-order valence-electron chi connectivity index (χ2n) is 8.52. The summed E-state index contributed by atoms with van der Waals surface area (Å²) < 4.78 is 0. The Balaban J connectivity index is 0.00000245. The molecule has 3 amide bonds. The van der Waals surface area contributed by atoms with Gasteiger partial charge in [-0.1, -0.05) is 48.5 Å². The van der Waals surface area contributed by atoms with Crippen molar-refractivity contribution in [2.75, 3.05) is 24.7 Å². The average Bonchev–Trinajstić information content (AvgIpc) is 3.27. The maximum absolute atomic E-state index is 13.1. The van der Waals surface area contributed by atoms with E-state index in [0.29, 0.717) is 39.1 Å². The summed E-state index contributed by atoms with van der Waals surface area (Å²) in [6.07, 6.45) is 1.47. The lowest BCUT2D eigenvalue weighted by Gasteiger charge is -2.44. The first-order valence-electron chi connectivity index (χ1n) is 10.8. The fraction of sp³-hybridized carbons (Fsp3) is 0.375. The van der Waals surface area contributed by atoms with E-state index in [9.17, 15) is 14.4 Å². The molecule has 1 spiro atoms. The molecule has 3 aliphatic heterocycles. The van der Waals surface area contributed by atoms with Crippen LogP contribution in [0.2, 0.25) is 0 Å². The van der Waals surface area contributed by atoms with Crippen LogP contribution in [0.5, 0.6) is 0 Å². The van der Waals surface area contributed by atoms with Gasteiger partial charge in [0.25, 0.3) is 0 Å². The van der Waals surface area contributed by atoms with Crippen molar-refractivity contribution < 1.29 is 14.4 Å². The van der Waals surface area contributed by atoms with Crippen molar-refractivity contribution in [3.8, 4) is 0 Å². The number of carbonyl (C=O) groups excluding carboxylic acids is 3. The van der Waals surface area contributed by atoms with Crippen LogP contribution in [0.15, 0.2) is 60.7 Å². The summed E-state index contributed by atoms with van der Waals surface area (Å²) in [4.78, 5) is 44.1. The maximum Gasteiger partial charge on any atom is 0.247 e. The number of piperidine rings is 1. The quantitative estimate of drug-likeness (QED) is 0.717. The third-order valence-corrected chi connectivity index (χ3v) is 6.87. The second kappa shape index (κ2) is 8.92. The van der Waals surface area contributed by atoms with Gasteiger partial charge in [-0.2, -0.15) is 0 Å². The number of carbonyl (C=O) groups is 3. The molecule has 3 fully saturated rings. The van der Waals surface area contributed by atoms with Crippen LogP contribution >= 0.6 is 12.4 Å². The number of anilines is 1. The van der Waals surface area contributed by atoms with E-state index in [1.54, 1.807) is 0 Å². The molecular weight excluding hydrogens is 428 g/mol. The summed E-state index contributed by atoms with van der Waals surface area (Å²) in [6.45, 7) is 2.03. The number of likely N-dealkylation sites (tertiary alicyclic amines) is 2. The van der Waals surface area contributed by atoms with E-state index in [1.807, 2.05) is 60.7 Å². The van der Waals surface area contributed by atoms with E-state index in [1.165, 1.54) is 4.90 Å². The minimum absolute atomic E-state index is 0. The van der Waals surface area contributed by atoms with E-state index in [2.05, 4.69) is 15.1 Å². The van der Waals surface area contributed by atoms with Gasteiger partial charge in [0, 0.05) is 18.8 Å². The maximum atomic E-state index is 13.1. The standard InChI is InChI=1S/C24H26N4O3.ClH/c29-21-15-20(22(30)27(21)16-18-7-3-1-4-8-18)26-13-11-24(12-14-26)23(31)25-17-28(24)19-9-5-2-6-10-19;/h1-10,20H,11-17H2,(H,25,31);1H. The van der Waals surface area contributed by atoms with Crippen LogP contribution in [0.4, 0.5) is 5.69 Å². The highest BCUT2D eigenvalue weighted by Crippen LogP contribution is 2.37. The van der Waals surface area contributed by atoms with Crippen molar-refractivity contribution in [3.63, 3.8) is 0 Å². The molecule has 1 atom stereocenters. The molecule has 3 heterocycles. The van der Waals surface area contributed by atoms with Crippen molar-refractivity contribution in [1.82, 2.24) is 15.1 Å². The highest BCUT2D eigenvalue weighted by molar-refractivity contribution is 6.05. The Labute approximate surface area is 193 Å². The molecule has 1 N–H and O–H groups in total. The minimum Gasteiger partial charge on any atom is -0.339 e. The second-order valence-corrected chi connectivity index (χ2v) is 8.52. The zero-order valence-electron chi connectivity index (χ0n) is 17.8. The number of amides is 3. The molecular formula is C24H27ClN4O3. The Morgan fingerprint density at radius 1 is 0.906 bits per heavy atom. The van der Waals surface area contributed by atoms with Gasteiger partial charge in [0.15, 0.2) is 0 Å². The predicted octanol–water partition coefficient (Wildman–Crippen LogP) is 2.16. The number of imide groups is 1. The molecule has 3 aliphatic rings. The lowest BCUT2D eigenvalue weighted by atomic mass is 9.85. The molecule has 2 aromatic rings. The number of hydrogen-bond acceptors (Lipinski definition) is 5. The fourth-order valence-electron chi connectivity index (χ4n) is 5.12. The predicted molar refractivity (Wildman–Crippen MR) is 123 cm³/mol. The van der Waals surface area contributed by atoms with Gasteiger partial charge in [0.1, 0.15) is 5.54 Å². The summed E-state index contributed by atoms with van der Waals surface area (Å²) >= 11 is 0. The van der Waals surface area contributed by atoms with Gasteiger partial charge in [-0.15, -0.1) is 12.4 Å². The zero-order valence-corrected chi connectivity index (χ0v) is 18.6.